The van der Waals surface area contributed by atoms with E-state index in [4.69, 9.17) is 5.73 Å². The minimum absolute atomic E-state index is 0.0818. The van der Waals surface area contributed by atoms with Crippen LogP contribution in [0.3, 0.4) is 0 Å². The van der Waals surface area contributed by atoms with Gasteiger partial charge in [-0.25, -0.2) is 4.79 Å². The Morgan fingerprint density at radius 3 is 2.08 bits per heavy atom. The van der Waals surface area contributed by atoms with E-state index in [0.29, 0.717) is 19.4 Å². The molecular formula is C29H49N5O5. The number of carbonyl (C=O) groups is 5. The van der Waals surface area contributed by atoms with Crippen LogP contribution in [-0.4, -0.2) is 65.1 Å². The normalized spacial score (nSPS) is 24.0. The highest BCUT2D eigenvalue weighted by Gasteiger charge is 2.46. The second-order valence-electron chi connectivity index (χ2n) is 13.3. The second-order valence-corrected chi connectivity index (χ2v) is 13.3. The van der Waals surface area contributed by atoms with E-state index in [2.05, 4.69) is 29.8 Å². The van der Waals surface area contributed by atoms with Gasteiger partial charge in [0.2, 0.25) is 17.6 Å². The van der Waals surface area contributed by atoms with Crippen LogP contribution in [0, 0.1) is 23.2 Å². The number of ketones is 1. The topological polar surface area (TPSA) is 151 Å². The molecule has 1 saturated heterocycles. The summed E-state index contributed by atoms with van der Waals surface area (Å²) in [6.07, 6.45) is 8.96. The van der Waals surface area contributed by atoms with E-state index >= 15 is 0 Å². The number of nitrogens with two attached hydrogens (primary N) is 1. The molecule has 2 unspecified atom stereocenters. The Labute approximate surface area is 232 Å². The fourth-order valence-corrected chi connectivity index (χ4v) is 6.00. The molecule has 3 aliphatic rings. The van der Waals surface area contributed by atoms with E-state index in [1.54, 1.807) is 4.90 Å². The van der Waals surface area contributed by atoms with Gasteiger partial charge in [-0.1, -0.05) is 73.1 Å². The SMILES string of the molecule is CC(C)C1C[C@@H](C(=O)NC(CC2CCC2)C(=O)C(N)=O)N(C(=O)[C@@H](NC(=O)NC2CCCCC2)C(C)(C)C)C1. The molecule has 10 heteroatoms. The minimum Gasteiger partial charge on any atom is -0.363 e. The lowest BCUT2D eigenvalue weighted by atomic mass is 9.80. The van der Waals surface area contributed by atoms with Crippen molar-refractivity contribution in [3.8, 4) is 0 Å². The van der Waals surface area contributed by atoms with Gasteiger partial charge in [0, 0.05) is 12.6 Å². The van der Waals surface area contributed by atoms with Gasteiger partial charge in [-0.3, -0.25) is 19.2 Å². The largest absolute Gasteiger partial charge is 0.363 e. The highest BCUT2D eigenvalue weighted by molar-refractivity contribution is 6.37. The molecule has 0 aromatic heterocycles. The Balaban J connectivity index is 1.77. The molecule has 3 rings (SSSR count). The zero-order valence-corrected chi connectivity index (χ0v) is 24.4. The number of rotatable bonds is 10. The van der Waals surface area contributed by atoms with E-state index in [1.165, 1.54) is 6.42 Å². The number of hydrogen-bond donors (Lipinski definition) is 4. The molecule has 39 heavy (non-hydrogen) atoms. The maximum absolute atomic E-state index is 14.0. The molecule has 0 radical (unpaired) electrons. The Hall–Kier alpha value is -2.65. The standard InChI is InChI=1S/C29H49N5O5/c1-17(2)19-15-22(26(37)32-21(23(35)25(30)36)14-18-10-9-11-18)34(16-19)27(38)24(29(3,4)5)33-28(39)31-20-12-7-6-8-13-20/h17-22,24H,6-16H2,1-5H3,(H2,30,36)(H,32,37)(H2,31,33,39)/t19?,21?,22-,24+/m0/s1. The first kappa shape index (κ1) is 30.9. The molecule has 0 bridgehead atoms. The average Bonchev–Trinajstić information content (AvgIpc) is 3.29. The summed E-state index contributed by atoms with van der Waals surface area (Å²) < 4.78 is 0. The van der Waals surface area contributed by atoms with Gasteiger partial charge in [0.1, 0.15) is 12.1 Å². The van der Waals surface area contributed by atoms with E-state index in [1.807, 2.05) is 20.8 Å². The zero-order chi connectivity index (χ0) is 28.9. The molecule has 10 nitrogen and oxygen atoms in total. The first-order chi connectivity index (χ1) is 18.3. The molecular weight excluding hydrogens is 498 g/mol. The van der Waals surface area contributed by atoms with Crippen LogP contribution < -0.4 is 21.7 Å². The predicted molar refractivity (Wildman–Crippen MR) is 148 cm³/mol. The van der Waals surface area contributed by atoms with Crippen molar-refractivity contribution in [3.05, 3.63) is 0 Å². The van der Waals surface area contributed by atoms with E-state index in [-0.39, 0.29) is 35.7 Å². The molecule has 220 valence electrons. The van der Waals surface area contributed by atoms with Gasteiger partial charge in [0.25, 0.3) is 5.91 Å². The van der Waals surface area contributed by atoms with E-state index in [0.717, 1.165) is 44.9 Å². The van der Waals surface area contributed by atoms with Crippen molar-refractivity contribution in [2.24, 2.45) is 28.9 Å². The summed E-state index contributed by atoms with van der Waals surface area (Å²) in [5.41, 5.74) is 4.68. The lowest BCUT2D eigenvalue weighted by molar-refractivity contribution is -0.143. The summed E-state index contributed by atoms with van der Waals surface area (Å²) in [6, 6.07) is -2.92. The summed E-state index contributed by atoms with van der Waals surface area (Å²) in [4.78, 5) is 66.4. The fourth-order valence-electron chi connectivity index (χ4n) is 6.00. The van der Waals surface area contributed by atoms with Gasteiger partial charge >= 0.3 is 6.03 Å². The van der Waals surface area contributed by atoms with Crippen LogP contribution in [0.25, 0.3) is 0 Å². The van der Waals surface area contributed by atoms with Gasteiger partial charge < -0.3 is 26.6 Å². The number of amides is 5. The fraction of sp³-hybridized carbons (Fsp3) is 0.828. The lowest BCUT2D eigenvalue weighted by Gasteiger charge is -2.36. The average molecular weight is 548 g/mol. The number of nitrogens with one attached hydrogen (secondary N) is 3. The van der Waals surface area contributed by atoms with Crippen LogP contribution in [0.4, 0.5) is 4.79 Å². The summed E-state index contributed by atoms with van der Waals surface area (Å²) in [6.45, 7) is 10.2. The van der Waals surface area contributed by atoms with Gasteiger partial charge in [0.05, 0.1) is 6.04 Å². The molecule has 2 aliphatic carbocycles. The van der Waals surface area contributed by atoms with Crippen molar-refractivity contribution in [1.82, 2.24) is 20.9 Å². The zero-order valence-electron chi connectivity index (χ0n) is 24.4. The number of hydrogen-bond acceptors (Lipinski definition) is 5. The minimum atomic E-state index is -1.07. The molecule has 1 aliphatic heterocycles. The first-order valence-corrected chi connectivity index (χ1v) is 14.8. The van der Waals surface area contributed by atoms with Crippen LogP contribution in [0.5, 0.6) is 0 Å². The maximum Gasteiger partial charge on any atom is 0.315 e. The quantitative estimate of drug-likeness (QED) is 0.310. The number of likely N-dealkylation sites (tertiary alicyclic amines) is 1. The second kappa shape index (κ2) is 13.1. The van der Waals surface area contributed by atoms with Crippen molar-refractivity contribution in [1.29, 1.82) is 0 Å². The van der Waals surface area contributed by atoms with Crippen LogP contribution >= 0.6 is 0 Å². The van der Waals surface area contributed by atoms with Gasteiger partial charge in [-0.05, 0) is 48.9 Å². The Kier molecular flexibility index (Phi) is 10.4. The van der Waals surface area contributed by atoms with Gasteiger partial charge in [-0.15, -0.1) is 0 Å². The smallest absolute Gasteiger partial charge is 0.315 e. The molecule has 0 aromatic carbocycles. The van der Waals surface area contributed by atoms with Crippen molar-refractivity contribution < 1.29 is 24.0 Å². The molecule has 0 aromatic rings. The summed E-state index contributed by atoms with van der Waals surface area (Å²) in [5, 5.41) is 8.71. The number of nitrogens with zero attached hydrogens (tertiary/aromatic N) is 1. The van der Waals surface area contributed by atoms with Crippen molar-refractivity contribution in [2.45, 2.75) is 123 Å². The monoisotopic (exact) mass is 547 g/mol. The Morgan fingerprint density at radius 1 is 0.923 bits per heavy atom. The molecule has 5 N–H and O–H groups in total. The van der Waals surface area contributed by atoms with Crippen molar-refractivity contribution in [3.63, 3.8) is 0 Å². The number of urea groups is 1. The number of carbonyl (C=O) groups excluding carboxylic acids is 5. The summed E-state index contributed by atoms with van der Waals surface area (Å²) in [7, 11) is 0. The number of primary amides is 1. The lowest BCUT2D eigenvalue weighted by Crippen LogP contribution is -2.60. The molecule has 1 heterocycles. The molecule has 3 fully saturated rings. The van der Waals surface area contributed by atoms with Gasteiger partial charge in [0.15, 0.2) is 0 Å². The molecule has 0 spiro atoms. The van der Waals surface area contributed by atoms with Crippen LogP contribution in [0.2, 0.25) is 0 Å². The molecule has 4 atom stereocenters. The Bertz CT molecular complexity index is 920. The summed E-state index contributed by atoms with van der Waals surface area (Å²) in [5.74, 6) is -2.07. The highest BCUT2D eigenvalue weighted by Crippen LogP contribution is 2.33. The third kappa shape index (κ3) is 8.18. The van der Waals surface area contributed by atoms with Gasteiger partial charge in [-0.2, -0.15) is 0 Å². The van der Waals surface area contributed by atoms with Crippen LogP contribution in [0.1, 0.15) is 98.8 Å². The predicted octanol–water partition coefficient (Wildman–Crippen LogP) is 2.64. The van der Waals surface area contributed by atoms with Crippen molar-refractivity contribution in [2.75, 3.05) is 6.54 Å². The molecule has 5 amide bonds. The van der Waals surface area contributed by atoms with Crippen LogP contribution in [-0.2, 0) is 19.2 Å². The third-order valence-electron chi connectivity index (χ3n) is 8.86. The summed E-state index contributed by atoms with van der Waals surface area (Å²) >= 11 is 0. The number of Topliss-reactive ketones (excluding diaryl/α,β-unsaturated/α-hetero) is 1. The third-order valence-corrected chi connectivity index (χ3v) is 8.86. The van der Waals surface area contributed by atoms with E-state index < -0.39 is 41.1 Å². The van der Waals surface area contributed by atoms with Crippen molar-refractivity contribution >= 4 is 29.5 Å². The Morgan fingerprint density at radius 2 is 1.56 bits per heavy atom. The highest BCUT2D eigenvalue weighted by atomic mass is 16.2. The van der Waals surface area contributed by atoms with E-state index in [9.17, 15) is 24.0 Å². The van der Waals surface area contributed by atoms with Crippen LogP contribution in [0.15, 0.2) is 0 Å². The maximum atomic E-state index is 14.0. The molecule has 2 saturated carbocycles. The first-order valence-electron chi connectivity index (χ1n) is 14.8.